The lowest BCUT2D eigenvalue weighted by molar-refractivity contribution is 0.0761. The van der Waals surface area contributed by atoms with Crippen molar-refractivity contribution in [3.05, 3.63) is 29.8 Å². The Kier molecular flexibility index (Phi) is 4.49. The first-order valence-corrected chi connectivity index (χ1v) is 7.27. The van der Waals surface area contributed by atoms with Crippen molar-refractivity contribution in [2.24, 2.45) is 5.84 Å². The third-order valence-corrected chi connectivity index (χ3v) is 4.55. The molecule has 1 atom stereocenters. The van der Waals surface area contributed by atoms with Gasteiger partial charge >= 0.3 is 0 Å². The van der Waals surface area contributed by atoms with Crippen LogP contribution in [0.4, 0.5) is 5.69 Å². The Bertz CT molecular complexity index is 407. The fourth-order valence-corrected chi connectivity index (χ4v) is 3.22. The molecule has 0 aromatic heterocycles. The highest BCUT2D eigenvalue weighted by Gasteiger charge is 2.23. The van der Waals surface area contributed by atoms with E-state index in [4.69, 9.17) is 5.84 Å². The van der Waals surface area contributed by atoms with E-state index in [1.54, 1.807) is 0 Å². The first-order valence-electron chi connectivity index (χ1n) is 6.22. The van der Waals surface area contributed by atoms with E-state index in [0.717, 1.165) is 36.5 Å². The quantitative estimate of drug-likeness (QED) is 0.648. The molecule has 1 unspecified atom stereocenters. The zero-order chi connectivity index (χ0) is 13.0. The SMILES string of the molecule is CCC1CN(C(=O)c2ccc(NN)cc2)CCS1. The van der Waals surface area contributed by atoms with E-state index < -0.39 is 0 Å². The number of nitrogen functional groups attached to an aromatic ring is 1. The first-order chi connectivity index (χ1) is 8.74. The highest BCUT2D eigenvalue weighted by atomic mass is 32.2. The third kappa shape index (κ3) is 2.97. The summed E-state index contributed by atoms with van der Waals surface area (Å²) < 4.78 is 0. The highest BCUT2D eigenvalue weighted by molar-refractivity contribution is 8.00. The van der Waals surface area contributed by atoms with E-state index in [-0.39, 0.29) is 5.91 Å². The van der Waals surface area contributed by atoms with Gasteiger partial charge < -0.3 is 10.3 Å². The molecule has 0 radical (unpaired) electrons. The van der Waals surface area contributed by atoms with E-state index in [9.17, 15) is 4.79 Å². The lowest BCUT2D eigenvalue weighted by Crippen LogP contribution is -2.41. The summed E-state index contributed by atoms with van der Waals surface area (Å²) >= 11 is 1.97. The molecule has 0 saturated carbocycles. The Hall–Kier alpha value is -1.20. The minimum Gasteiger partial charge on any atom is -0.337 e. The lowest BCUT2D eigenvalue weighted by atomic mass is 10.1. The number of hydrogen-bond donors (Lipinski definition) is 2. The normalized spacial score (nSPS) is 19.7. The van der Waals surface area contributed by atoms with E-state index in [1.807, 2.05) is 40.9 Å². The third-order valence-electron chi connectivity index (χ3n) is 3.18. The molecule has 0 bridgehead atoms. The number of nitrogens with zero attached hydrogens (tertiary/aromatic N) is 1. The summed E-state index contributed by atoms with van der Waals surface area (Å²) in [6, 6.07) is 7.28. The Balaban J connectivity index is 2.05. The minimum atomic E-state index is 0.123. The lowest BCUT2D eigenvalue weighted by Gasteiger charge is -2.32. The molecule has 1 fully saturated rings. The van der Waals surface area contributed by atoms with Crippen LogP contribution in [0, 0.1) is 0 Å². The molecular formula is C13H19N3OS. The zero-order valence-corrected chi connectivity index (χ0v) is 11.4. The molecule has 1 aliphatic rings. The summed E-state index contributed by atoms with van der Waals surface area (Å²) in [7, 11) is 0. The summed E-state index contributed by atoms with van der Waals surface area (Å²) in [5, 5.41) is 0.577. The van der Waals surface area contributed by atoms with Crippen LogP contribution in [0.25, 0.3) is 0 Å². The number of rotatable bonds is 3. The number of amides is 1. The van der Waals surface area contributed by atoms with Crippen LogP contribution in [0.5, 0.6) is 0 Å². The van der Waals surface area contributed by atoms with Crippen molar-refractivity contribution in [3.8, 4) is 0 Å². The molecular weight excluding hydrogens is 246 g/mol. The molecule has 0 aliphatic carbocycles. The molecule has 0 spiro atoms. The molecule has 1 saturated heterocycles. The molecule has 3 N–H and O–H groups in total. The molecule has 5 heteroatoms. The topological polar surface area (TPSA) is 58.4 Å². The Morgan fingerprint density at radius 3 is 2.83 bits per heavy atom. The van der Waals surface area contributed by atoms with Crippen molar-refractivity contribution in [2.45, 2.75) is 18.6 Å². The molecule has 98 valence electrons. The molecule has 1 aliphatic heterocycles. The average molecular weight is 265 g/mol. The Labute approximate surface area is 112 Å². The van der Waals surface area contributed by atoms with Gasteiger partial charge in [-0.1, -0.05) is 6.92 Å². The van der Waals surface area contributed by atoms with Crippen molar-refractivity contribution in [1.82, 2.24) is 4.90 Å². The highest BCUT2D eigenvalue weighted by Crippen LogP contribution is 2.22. The second-order valence-electron chi connectivity index (χ2n) is 4.37. The Morgan fingerprint density at radius 1 is 1.50 bits per heavy atom. The van der Waals surface area contributed by atoms with Crippen LogP contribution in [0.15, 0.2) is 24.3 Å². The largest absolute Gasteiger partial charge is 0.337 e. The minimum absolute atomic E-state index is 0.123. The van der Waals surface area contributed by atoms with E-state index >= 15 is 0 Å². The second-order valence-corrected chi connectivity index (χ2v) is 5.78. The molecule has 1 amide bonds. The van der Waals surface area contributed by atoms with Crippen LogP contribution in [0.3, 0.4) is 0 Å². The molecule has 2 rings (SSSR count). The summed E-state index contributed by atoms with van der Waals surface area (Å²) in [5.74, 6) is 6.46. The number of hydrogen-bond acceptors (Lipinski definition) is 4. The van der Waals surface area contributed by atoms with Crippen LogP contribution in [0.2, 0.25) is 0 Å². The van der Waals surface area contributed by atoms with E-state index in [0.29, 0.717) is 5.25 Å². The predicted octanol–water partition coefficient (Wildman–Crippen LogP) is 1.94. The maximum absolute atomic E-state index is 12.3. The number of nitrogens with one attached hydrogen (secondary N) is 1. The standard InChI is InChI=1S/C13H19N3OS/c1-2-12-9-16(7-8-18-12)13(17)10-3-5-11(15-14)6-4-10/h3-6,12,15H,2,7-9,14H2,1H3. The first kappa shape index (κ1) is 13.2. The van der Waals surface area contributed by atoms with Gasteiger partial charge in [0.25, 0.3) is 5.91 Å². The Morgan fingerprint density at radius 2 is 2.22 bits per heavy atom. The van der Waals surface area contributed by atoms with Gasteiger partial charge in [-0.25, -0.2) is 0 Å². The summed E-state index contributed by atoms with van der Waals surface area (Å²) in [4.78, 5) is 14.3. The number of carbonyl (C=O) groups is 1. The molecule has 1 heterocycles. The van der Waals surface area contributed by atoms with E-state index in [1.165, 1.54) is 0 Å². The zero-order valence-electron chi connectivity index (χ0n) is 10.6. The van der Waals surface area contributed by atoms with Crippen molar-refractivity contribution >= 4 is 23.4 Å². The molecule has 4 nitrogen and oxygen atoms in total. The van der Waals surface area contributed by atoms with Crippen molar-refractivity contribution < 1.29 is 4.79 Å². The van der Waals surface area contributed by atoms with Crippen LogP contribution in [-0.4, -0.2) is 34.9 Å². The summed E-state index contributed by atoms with van der Waals surface area (Å²) in [5.41, 5.74) is 4.10. The van der Waals surface area contributed by atoms with Gasteiger partial charge in [-0.15, -0.1) is 0 Å². The summed E-state index contributed by atoms with van der Waals surface area (Å²) in [6.07, 6.45) is 1.12. The monoisotopic (exact) mass is 265 g/mol. The average Bonchev–Trinajstić information content (AvgIpc) is 2.46. The van der Waals surface area contributed by atoms with Gasteiger partial charge in [0.2, 0.25) is 0 Å². The summed E-state index contributed by atoms with van der Waals surface area (Å²) in [6.45, 7) is 3.88. The smallest absolute Gasteiger partial charge is 0.253 e. The van der Waals surface area contributed by atoms with Crippen LogP contribution in [-0.2, 0) is 0 Å². The molecule has 1 aromatic carbocycles. The molecule has 1 aromatic rings. The van der Waals surface area contributed by atoms with Crippen molar-refractivity contribution in [2.75, 3.05) is 24.3 Å². The van der Waals surface area contributed by atoms with Gasteiger partial charge in [0, 0.05) is 35.3 Å². The maximum atomic E-state index is 12.3. The van der Waals surface area contributed by atoms with Crippen LogP contribution in [0.1, 0.15) is 23.7 Å². The van der Waals surface area contributed by atoms with Gasteiger partial charge in [0.15, 0.2) is 0 Å². The number of anilines is 1. The number of carbonyl (C=O) groups excluding carboxylic acids is 1. The maximum Gasteiger partial charge on any atom is 0.253 e. The van der Waals surface area contributed by atoms with Crippen molar-refractivity contribution in [3.63, 3.8) is 0 Å². The van der Waals surface area contributed by atoms with Crippen molar-refractivity contribution in [1.29, 1.82) is 0 Å². The fraction of sp³-hybridized carbons (Fsp3) is 0.462. The predicted molar refractivity (Wildman–Crippen MR) is 76.7 cm³/mol. The molecule has 18 heavy (non-hydrogen) atoms. The van der Waals surface area contributed by atoms with Crippen LogP contribution < -0.4 is 11.3 Å². The van der Waals surface area contributed by atoms with Gasteiger partial charge in [-0.3, -0.25) is 10.6 Å². The number of thioether (sulfide) groups is 1. The van der Waals surface area contributed by atoms with Gasteiger partial charge in [0.1, 0.15) is 0 Å². The van der Waals surface area contributed by atoms with Gasteiger partial charge in [0.05, 0.1) is 0 Å². The second kappa shape index (κ2) is 6.11. The van der Waals surface area contributed by atoms with Crippen LogP contribution >= 0.6 is 11.8 Å². The number of hydrazine groups is 1. The van der Waals surface area contributed by atoms with E-state index in [2.05, 4.69) is 12.3 Å². The van der Waals surface area contributed by atoms with Gasteiger partial charge in [-0.2, -0.15) is 11.8 Å². The fourth-order valence-electron chi connectivity index (χ4n) is 2.04. The van der Waals surface area contributed by atoms with Gasteiger partial charge in [-0.05, 0) is 30.7 Å². The number of nitrogens with two attached hydrogens (primary N) is 1. The number of benzene rings is 1.